The van der Waals surface area contributed by atoms with Gasteiger partial charge in [0.2, 0.25) is 0 Å². The van der Waals surface area contributed by atoms with Crippen LogP contribution in [0.5, 0.6) is 0 Å². The highest BCUT2D eigenvalue weighted by atomic mass is 16.5. The summed E-state index contributed by atoms with van der Waals surface area (Å²) in [5.74, 6) is -0.511. The standard InChI is InChI=1S/C10H11NO3.CH4/c1-3-6-7-4-5-8(10(13)14-2)11(7)9(6)12;/h3,5,7H,4H2,1-2H3;1H4/t7-;/m1./s1. The Morgan fingerprint density at radius 2 is 2.33 bits per heavy atom. The maximum Gasteiger partial charge on any atom is 0.354 e. The lowest BCUT2D eigenvalue weighted by Gasteiger charge is -2.38. The van der Waals surface area contributed by atoms with Crippen LogP contribution in [-0.2, 0) is 14.3 Å². The van der Waals surface area contributed by atoms with Crippen molar-refractivity contribution in [3.8, 4) is 0 Å². The zero-order chi connectivity index (χ0) is 10.3. The number of esters is 1. The van der Waals surface area contributed by atoms with Gasteiger partial charge in [0.15, 0.2) is 0 Å². The molecule has 15 heavy (non-hydrogen) atoms. The third kappa shape index (κ3) is 1.37. The molecule has 0 aromatic carbocycles. The molecule has 82 valence electrons. The number of nitrogens with zero attached hydrogens (tertiary/aromatic N) is 1. The van der Waals surface area contributed by atoms with E-state index in [1.54, 1.807) is 12.2 Å². The van der Waals surface area contributed by atoms with Crippen molar-refractivity contribution in [3.05, 3.63) is 23.4 Å². The van der Waals surface area contributed by atoms with Gasteiger partial charge >= 0.3 is 5.97 Å². The van der Waals surface area contributed by atoms with Crippen LogP contribution in [0.25, 0.3) is 0 Å². The summed E-state index contributed by atoms with van der Waals surface area (Å²) in [5, 5.41) is 0. The zero-order valence-electron chi connectivity index (χ0n) is 8.11. The van der Waals surface area contributed by atoms with Gasteiger partial charge in [0.25, 0.3) is 5.91 Å². The molecule has 1 fully saturated rings. The Morgan fingerprint density at radius 3 is 2.87 bits per heavy atom. The SMILES string of the molecule is C.CC=C1C(=O)N2C(C(=O)OC)=CC[C@H]12. The van der Waals surface area contributed by atoms with E-state index in [1.165, 1.54) is 12.0 Å². The number of carbonyl (C=O) groups excluding carboxylic acids is 2. The molecule has 0 spiro atoms. The second kappa shape index (κ2) is 3.88. The lowest BCUT2D eigenvalue weighted by molar-refractivity contribution is -0.144. The van der Waals surface area contributed by atoms with Crippen LogP contribution < -0.4 is 0 Å². The molecular formula is C11H15NO3. The molecule has 0 N–H and O–H groups in total. The van der Waals surface area contributed by atoms with E-state index in [0.717, 1.165) is 12.0 Å². The highest BCUT2D eigenvalue weighted by Crippen LogP contribution is 2.38. The molecule has 2 aliphatic heterocycles. The number of carbonyl (C=O) groups is 2. The summed E-state index contributed by atoms with van der Waals surface area (Å²) in [7, 11) is 1.32. The Kier molecular flexibility index (Phi) is 2.98. The van der Waals surface area contributed by atoms with Crippen LogP contribution in [-0.4, -0.2) is 29.9 Å². The number of hydrogen-bond acceptors (Lipinski definition) is 3. The first kappa shape index (κ1) is 11.5. The molecule has 0 aromatic rings. The summed E-state index contributed by atoms with van der Waals surface area (Å²) in [5.41, 5.74) is 1.17. The number of rotatable bonds is 1. The van der Waals surface area contributed by atoms with Crippen molar-refractivity contribution in [2.45, 2.75) is 26.8 Å². The molecule has 0 saturated carbocycles. The number of hydrogen-bond donors (Lipinski definition) is 0. The van der Waals surface area contributed by atoms with E-state index < -0.39 is 5.97 Å². The first-order valence-corrected chi connectivity index (χ1v) is 4.49. The zero-order valence-corrected chi connectivity index (χ0v) is 8.11. The summed E-state index contributed by atoms with van der Waals surface area (Å²) in [6.07, 6.45) is 4.28. The van der Waals surface area contributed by atoms with E-state index in [0.29, 0.717) is 5.70 Å². The van der Waals surface area contributed by atoms with Gasteiger partial charge in [0, 0.05) is 5.57 Å². The summed E-state index contributed by atoms with van der Waals surface area (Å²) in [6.45, 7) is 1.83. The average Bonchev–Trinajstić information content (AvgIpc) is 2.57. The molecule has 4 nitrogen and oxygen atoms in total. The lowest BCUT2D eigenvalue weighted by Crippen LogP contribution is -2.52. The minimum absolute atomic E-state index is 0. The quantitative estimate of drug-likeness (QED) is 0.371. The summed E-state index contributed by atoms with van der Waals surface area (Å²) < 4.78 is 4.58. The fraction of sp³-hybridized carbons (Fsp3) is 0.455. The van der Waals surface area contributed by atoms with Gasteiger partial charge in [-0.2, -0.15) is 0 Å². The lowest BCUT2D eigenvalue weighted by atomic mass is 9.95. The highest BCUT2D eigenvalue weighted by molar-refractivity contribution is 6.08. The number of allylic oxidation sites excluding steroid dienone is 1. The van der Waals surface area contributed by atoms with E-state index in [-0.39, 0.29) is 19.4 Å². The Labute approximate surface area is 89.2 Å². The number of methoxy groups -OCH3 is 1. The Morgan fingerprint density at radius 1 is 1.67 bits per heavy atom. The molecule has 2 aliphatic rings. The molecule has 0 aromatic heterocycles. The van der Waals surface area contributed by atoms with E-state index in [2.05, 4.69) is 4.74 Å². The summed E-state index contributed by atoms with van der Waals surface area (Å²) in [6, 6.07) is 0.0709. The summed E-state index contributed by atoms with van der Waals surface area (Å²) >= 11 is 0. The molecule has 0 unspecified atom stereocenters. The number of amides is 1. The van der Waals surface area contributed by atoms with Crippen LogP contribution in [0.2, 0.25) is 0 Å². The average molecular weight is 209 g/mol. The second-order valence-electron chi connectivity index (χ2n) is 3.25. The molecule has 0 aliphatic carbocycles. The normalized spacial score (nSPS) is 25.3. The molecule has 0 bridgehead atoms. The van der Waals surface area contributed by atoms with Crippen LogP contribution >= 0.6 is 0 Å². The van der Waals surface area contributed by atoms with Gasteiger partial charge in [0.1, 0.15) is 5.70 Å². The number of fused-ring (bicyclic) bond motifs is 1. The van der Waals surface area contributed by atoms with Gasteiger partial charge in [-0.3, -0.25) is 9.69 Å². The Balaban J connectivity index is 0.00000112. The maximum absolute atomic E-state index is 11.5. The molecule has 1 saturated heterocycles. The maximum atomic E-state index is 11.5. The van der Waals surface area contributed by atoms with E-state index in [1.807, 2.05) is 6.92 Å². The third-order valence-corrected chi connectivity index (χ3v) is 2.64. The monoisotopic (exact) mass is 209 g/mol. The molecule has 2 heterocycles. The van der Waals surface area contributed by atoms with Crippen molar-refractivity contribution in [2.24, 2.45) is 0 Å². The molecule has 1 amide bonds. The van der Waals surface area contributed by atoms with Gasteiger partial charge in [0.05, 0.1) is 13.2 Å². The van der Waals surface area contributed by atoms with Crippen LogP contribution in [0.1, 0.15) is 20.8 Å². The predicted octanol–water partition coefficient (Wildman–Crippen LogP) is 1.24. The topological polar surface area (TPSA) is 46.6 Å². The van der Waals surface area contributed by atoms with Gasteiger partial charge in [-0.15, -0.1) is 0 Å². The largest absolute Gasteiger partial charge is 0.464 e. The van der Waals surface area contributed by atoms with Crippen molar-refractivity contribution < 1.29 is 14.3 Å². The van der Waals surface area contributed by atoms with Crippen molar-refractivity contribution in [1.29, 1.82) is 0 Å². The Hall–Kier alpha value is -1.58. The van der Waals surface area contributed by atoms with Crippen molar-refractivity contribution >= 4 is 11.9 Å². The minimum atomic E-state index is -0.434. The van der Waals surface area contributed by atoms with Crippen LogP contribution in [0.3, 0.4) is 0 Å². The smallest absolute Gasteiger partial charge is 0.354 e. The van der Waals surface area contributed by atoms with Gasteiger partial charge in [-0.1, -0.05) is 19.6 Å². The van der Waals surface area contributed by atoms with Crippen LogP contribution in [0, 0.1) is 0 Å². The third-order valence-electron chi connectivity index (χ3n) is 2.64. The molecule has 0 radical (unpaired) electrons. The number of ether oxygens (including phenoxy) is 1. The highest BCUT2D eigenvalue weighted by Gasteiger charge is 2.48. The van der Waals surface area contributed by atoms with Crippen molar-refractivity contribution in [1.82, 2.24) is 4.90 Å². The van der Waals surface area contributed by atoms with E-state index in [9.17, 15) is 9.59 Å². The van der Waals surface area contributed by atoms with Crippen LogP contribution in [0.15, 0.2) is 23.4 Å². The second-order valence-corrected chi connectivity index (χ2v) is 3.25. The van der Waals surface area contributed by atoms with Crippen molar-refractivity contribution in [2.75, 3.05) is 7.11 Å². The molecule has 4 heteroatoms. The van der Waals surface area contributed by atoms with Crippen LogP contribution in [0.4, 0.5) is 0 Å². The predicted molar refractivity (Wildman–Crippen MR) is 55.8 cm³/mol. The van der Waals surface area contributed by atoms with Gasteiger partial charge in [-0.05, 0) is 13.3 Å². The first-order chi connectivity index (χ1) is 6.70. The van der Waals surface area contributed by atoms with Crippen molar-refractivity contribution in [3.63, 3.8) is 0 Å². The molecular weight excluding hydrogens is 194 g/mol. The Bertz CT molecular complexity index is 368. The van der Waals surface area contributed by atoms with Gasteiger partial charge < -0.3 is 4.74 Å². The first-order valence-electron chi connectivity index (χ1n) is 4.49. The fourth-order valence-electron chi connectivity index (χ4n) is 1.93. The van der Waals surface area contributed by atoms with E-state index in [4.69, 9.17) is 0 Å². The minimum Gasteiger partial charge on any atom is -0.464 e. The number of β-lactam (4-membered cyclic amide) rings is 1. The molecule has 2 rings (SSSR count). The van der Waals surface area contributed by atoms with E-state index >= 15 is 0 Å². The fourth-order valence-corrected chi connectivity index (χ4v) is 1.93. The summed E-state index contributed by atoms with van der Waals surface area (Å²) in [4.78, 5) is 24.3. The van der Waals surface area contributed by atoms with Gasteiger partial charge in [-0.25, -0.2) is 4.79 Å². The molecule has 1 atom stereocenters.